The van der Waals surface area contributed by atoms with Gasteiger partial charge >= 0.3 is 0 Å². The molecule has 0 unspecified atom stereocenters. The summed E-state index contributed by atoms with van der Waals surface area (Å²) in [6.07, 6.45) is 1.03. The van der Waals surface area contributed by atoms with Gasteiger partial charge in [0.25, 0.3) is 5.91 Å². The molecule has 2 aromatic rings. The van der Waals surface area contributed by atoms with Crippen molar-refractivity contribution in [2.75, 3.05) is 13.2 Å². The summed E-state index contributed by atoms with van der Waals surface area (Å²) < 4.78 is 5.35. The third kappa shape index (κ3) is 3.16. The molecule has 4 rings (SSSR count). The molecular weight excluding hydrogens is 382 g/mol. The van der Waals surface area contributed by atoms with Crippen LogP contribution >= 0.6 is 22.9 Å². The lowest BCUT2D eigenvalue weighted by atomic mass is 9.95. The number of aliphatic hydroxyl groups excluding tert-OH is 1. The Kier molecular flexibility index (Phi) is 4.73. The lowest BCUT2D eigenvalue weighted by Crippen LogP contribution is -2.23. The minimum atomic E-state index is -0.0579. The summed E-state index contributed by atoms with van der Waals surface area (Å²) in [5.74, 6) is 1.87. The smallest absolute Gasteiger partial charge is 0.261 e. The average molecular weight is 406 g/mol. The largest absolute Gasteiger partial charge is 0.490 e. The van der Waals surface area contributed by atoms with E-state index in [1.165, 1.54) is 16.0 Å². The van der Waals surface area contributed by atoms with Gasteiger partial charge in [-0.1, -0.05) is 31.5 Å². The summed E-state index contributed by atoms with van der Waals surface area (Å²) in [6.45, 7) is 7.37. The zero-order valence-electron chi connectivity index (χ0n) is 15.8. The number of hydrogen-bond acceptors (Lipinski definition) is 4. The standard InChI is InChI=1S/C21H24ClNO3S/c1-11-17-13(9-14-18(17)21(14,2)3)19(27-11)20(25)23-10-12-4-5-16(15(22)8-12)26-7-6-24/h4-5,8,14,18,24H,6-7,9-10H2,1-3H3,(H,23,25)/t14-,18-/m1/s1. The fraction of sp³-hybridized carbons (Fsp3) is 0.476. The minimum Gasteiger partial charge on any atom is -0.490 e. The SMILES string of the molecule is Cc1sc(C(=O)NCc2ccc(OCCO)c(Cl)c2)c2c1[C@H]1[C@@H](C2)C1(C)C. The number of hydrogen-bond donors (Lipinski definition) is 2. The molecule has 1 fully saturated rings. The zero-order chi connectivity index (χ0) is 19.3. The Morgan fingerprint density at radius 2 is 2.22 bits per heavy atom. The van der Waals surface area contributed by atoms with Crippen molar-refractivity contribution in [1.29, 1.82) is 0 Å². The first-order valence-electron chi connectivity index (χ1n) is 9.27. The quantitative estimate of drug-likeness (QED) is 0.753. The third-order valence-electron chi connectivity index (χ3n) is 6.02. The average Bonchev–Trinajstić information content (AvgIpc) is 2.96. The zero-order valence-corrected chi connectivity index (χ0v) is 17.3. The summed E-state index contributed by atoms with van der Waals surface area (Å²) in [7, 11) is 0. The molecule has 1 amide bonds. The maximum absolute atomic E-state index is 12.8. The minimum absolute atomic E-state index is 0.000172. The van der Waals surface area contributed by atoms with Gasteiger partial charge in [-0.05, 0) is 59.4 Å². The number of nitrogens with one attached hydrogen (secondary N) is 1. The summed E-state index contributed by atoms with van der Waals surface area (Å²) in [5.41, 5.74) is 4.02. The van der Waals surface area contributed by atoms with Gasteiger partial charge in [0.05, 0.1) is 16.5 Å². The van der Waals surface area contributed by atoms with E-state index in [1.54, 1.807) is 23.5 Å². The van der Waals surface area contributed by atoms with Gasteiger partial charge in [0.15, 0.2) is 0 Å². The molecule has 1 saturated carbocycles. The number of carbonyl (C=O) groups is 1. The molecule has 0 saturated heterocycles. The van der Waals surface area contributed by atoms with Crippen LogP contribution in [0.4, 0.5) is 0 Å². The summed E-state index contributed by atoms with van der Waals surface area (Å²) in [5, 5.41) is 12.3. The Labute approximate surface area is 168 Å². The van der Waals surface area contributed by atoms with Crippen molar-refractivity contribution in [3.8, 4) is 5.75 Å². The number of aryl methyl sites for hydroxylation is 1. The highest BCUT2D eigenvalue weighted by molar-refractivity contribution is 7.14. The molecule has 2 aliphatic carbocycles. The van der Waals surface area contributed by atoms with Gasteiger partial charge in [0, 0.05) is 11.4 Å². The molecule has 4 nitrogen and oxygen atoms in total. The lowest BCUT2D eigenvalue weighted by molar-refractivity contribution is 0.0954. The van der Waals surface area contributed by atoms with Crippen LogP contribution in [0.5, 0.6) is 5.75 Å². The molecule has 6 heteroatoms. The summed E-state index contributed by atoms with van der Waals surface area (Å²) >= 11 is 7.83. The molecule has 1 heterocycles. The molecule has 27 heavy (non-hydrogen) atoms. The maximum atomic E-state index is 12.8. The predicted molar refractivity (Wildman–Crippen MR) is 108 cm³/mol. The van der Waals surface area contributed by atoms with Crippen molar-refractivity contribution in [2.45, 2.75) is 39.7 Å². The van der Waals surface area contributed by atoms with E-state index in [9.17, 15) is 4.79 Å². The molecule has 144 valence electrons. The Bertz CT molecular complexity index is 905. The highest BCUT2D eigenvalue weighted by Gasteiger charge is 2.63. The van der Waals surface area contributed by atoms with E-state index in [0.717, 1.165) is 16.9 Å². The topological polar surface area (TPSA) is 58.6 Å². The second-order valence-corrected chi connectivity index (χ2v) is 9.64. The second kappa shape index (κ2) is 6.80. The molecule has 0 bridgehead atoms. The number of thiophene rings is 1. The molecule has 1 aromatic heterocycles. The van der Waals surface area contributed by atoms with Crippen LogP contribution in [0.15, 0.2) is 18.2 Å². The summed E-state index contributed by atoms with van der Waals surface area (Å²) in [4.78, 5) is 14.9. The third-order valence-corrected chi connectivity index (χ3v) is 7.48. The maximum Gasteiger partial charge on any atom is 0.261 e. The highest BCUT2D eigenvalue weighted by Crippen LogP contribution is 2.71. The van der Waals surface area contributed by atoms with Crippen molar-refractivity contribution in [2.24, 2.45) is 11.3 Å². The first-order chi connectivity index (χ1) is 12.8. The number of aliphatic hydroxyl groups is 1. The molecule has 0 aliphatic heterocycles. The van der Waals surface area contributed by atoms with Crippen LogP contribution in [0.1, 0.15) is 51.0 Å². The highest BCUT2D eigenvalue weighted by atomic mass is 35.5. The first-order valence-corrected chi connectivity index (χ1v) is 10.5. The van der Waals surface area contributed by atoms with Crippen LogP contribution < -0.4 is 10.1 Å². The Morgan fingerprint density at radius 3 is 2.93 bits per heavy atom. The lowest BCUT2D eigenvalue weighted by Gasteiger charge is -2.11. The van der Waals surface area contributed by atoms with Crippen molar-refractivity contribution in [3.63, 3.8) is 0 Å². The summed E-state index contributed by atoms with van der Waals surface area (Å²) in [6, 6.07) is 5.43. The number of fused-ring (bicyclic) bond motifs is 3. The van der Waals surface area contributed by atoms with Crippen LogP contribution in [0.2, 0.25) is 5.02 Å². The molecule has 1 aromatic carbocycles. The molecule has 0 spiro atoms. The van der Waals surface area contributed by atoms with Crippen LogP contribution in [-0.2, 0) is 13.0 Å². The number of benzene rings is 1. The van der Waals surface area contributed by atoms with Gasteiger partial charge in [-0.15, -0.1) is 11.3 Å². The van der Waals surface area contributed by atoms with E-state index in [1.807, 2.05) is 6.07 Å². The van der Waals surface area contributed by atoms with Crippen LogP contribution in [0.3, 0.4) is 0 Å². The Balaban J connectivity index is 1.43. The fourth-order valence-corrected chi connectivity index (χ4v) is 5.91. The number of halogens is 1. The molecule has 2 N–H and O–H groups in total. The van der Waals surface area contributed by atoms with Crippen molar-refractivity contribution in [3.05, 3.63) is 49.7 Å². The van der Waals surface area contributed by atoms with E-state index in [2.05, 4.69) is 26.1 Å². The molecule has 0 radical (unpaired) electrons. The van der Waals surface area contributed by atoms with Gasteiger partial charge in [-0.3, -0.25) is 4.79 Å². The molecule has 2 atom stereocenters. The monoisotopic (exact) mass is 405 g/mol. The fourth-order valence-electron chi connectivity index (χ4n) is 4.50. The van der Waals surface area contributed by atoms with E-state index in [4.69, 9.17) is 21.4 Å². The normalized spacial score (nSPS) is 21.5. The van der Waals surface area contributed by atoms with Crippen molar-refractivity contribution >= 4 is 28.8 Å². The van der Waals surface area contributed by atoms with E-state index < -0.39 is 0 Å². The number of amides is 1. The molecular formula is C21H24ClNO3S. The van der Waals surface area contributed by atoms with Gasteiger partial charge in [0.2, 0.25) is 0 Å². The Hall–Kier alpha value is -1.56. The van der Waals surface area contributed by atoms with Gasteiger partial charge in [0.1, 0.15) is 12.4 Å². The van der Waals surface area contributed by atoms with Crippen LogP contribution in [0.25, 0.3) is 0 Å². The van der Waals surface area contributed by atoms with Gasteiger partial charge in [-0.25, -0.2) is 0 Å². The second-order valence-electron chi connectivity index (χ2n) is 8.01. The number of rotatable bonds is 6. The van der Waals surface area contributed by atoms with Gasteiger partial charge in [-0.2, -0.15) is 0 Å². The molecule has 2 aliphatic rings. The number of carbonyl (C=O) groups excluding carboxylic acids is 1. The predicted octanol–water partition coefficient (Wildman–Crippen LogP) is 4.31. The van der Waals surface area contributed by atoms with E-state index in [0.29, 0.717) is 34.6 Å². The van der Waals surface area contributed by atoms with Crippen molar-refractivity contribution < 1.29 is 14.6 Å². The van der Waals surface area contributed by atoms with Gasteiger partial charge < -0.3 is 15.2 Å². The van der Waals surface area contributed by atoms with E-state index in [-0.39, 0.29) is 19.1 Å². The first kappa shape index (κ1) is 18.8. The van der Waals surface area contributed by atoms with Crippen LogP contribution in [-0.4, -0.2) is 24.2 Å². The van der Waals surface area contributed by atoms with E-state index >= 15 is 0 Å². The number of ether oxygens (including phenoxy) is 1. The van der Waals surface area contributed by atoms with Crippen molar-refractivity contribution in [1.82, 2.24) is 5.32 Å². The van der Waals surface area contributed by atoms with Crippen LogP contribution in [0, 0.1) is 18.3 Å². The Morgan fingerprint density at radius 1 is 1.44 bits per heavy atom.